The molecule has 0 amide bonds. The van der Waals surface area contributed by atoms with Crippen molar-refractivity contribution < 1.29 is 21.6 Å². The molecular weight excluding hydrogens is 494 g/mol. The predicted octanol–water partition coefficient (Wildman–Crippen LogP) is 3.76. The highest BCUT2D eigenvalue weighted by Crippen LogP contribution is 2.30. The van der Waals surface area contributed by atoms with Gasteiger partial charge in [0.05, 0.1) is 22.1 Å². The minimum atomic E-state index is -4.41. The van der Waals surface area contributed by atoms with Crippen LogP contribution < -0.4 is 10.6 Å². The number of halogens is 4. The Hall–Kier alpha value is -1.04. The maximum atomic E-state index is 12.8. The fraction of sp³-hybridized carbons (Fsp3) is 0.588. The Morgan fingerprint density at radius 3 is 2.30 bits per heavy atom. The summed E-state index contributed by atoms with van der Waals surface area (Å²) in [6.07, 6.45) is -4.41. The summed E-state index contributed by atoms with van der Waals surface area (Å²) in [7, 11) is -1.77. The highest BCUT2D eigenvalue weighted by Gasteiger charge is 2.31. The van der Waals surface area contributed by atoms with Gasteiger partial charge >= 0.3 is 6.18 Å². The summed E-state index contributed by atoms with van der Waals surface area (Å²) in [5, 5.41) is 5.84. The second-order valence-corrected chi connectivity index (χ2v) is 9.78. The molecule has 0 bridgehead atoms. The molecule has 1 aromatic rings. The first kappa shape index (κ1) is 26.0. The summed E-state index contributed by atoms with van der Waals surface area (Å²) in [5.74, 6) is 0.244. The molecule has 0 heterocycles. The lowest BCUT2D eigenvalue weighted by Crippen LogP contribution is -2.42. The molecule has 156 valence electrons. The Balaban J connectivity index is 0.00000676. The van der Waals surface area contributed by atoms with E-state index >= 15 is 0 Å². The van der Waals surface area contributed by atoms with Crippen molar-refractivity contribution in [3.63, 3.8) is 0 Å². The van der Waals surface area contributed by atoms with Crippen LogP contribution in [0.4, 0.5) is 13.2 Å². The second kappa shape index (κ2) is 9.94. The topological polar surface area (TPSA) is 70.6 Å². The van der Waals surface area contributed by atoms with Gasteiger partial charge < -0.3 is 10.6 Å². The molecule has 1 aromatic carbocycles. The molecule has 27 heavy (non-hydrogen) atoms. The van der Waals surface area contributed by atoms with Gasteiger partial charge in [0.2, 0.25) is 0 Å². The maximum absolute atomic E-state index is 12.8. The van der Waals surface area contributed by atoms with E-state index in [-0.39, 0.29) is 36.3 Å². The van der Waals surface area contributed by atoms with Gasteiger partial charge in [0, 0.05) is 13.6 Å². The normalized spacial score (nSPS) is 14.3. The van der Waals surface area contributed by atoms with Crippen LogP contribution in [0.5, 0.6) is 0 Å². The lowest BCUT2D eigenvalue weighted by atomic mass is 10.1. The van der Waals surface area contributed by atoms with Crippen LogP contribution in [0.3, 0.4) is 0 Å². The van der Waals surface area contributed by atoms with Crippen LogP contribution in [0, 0.1) is 0 Å². The number of guanidine groups is 1. The molecule has 5 nitrogen and oxygen atoms in total. The number of nitrogens with one attached hydrogen (secondary N) is 2. The molecule has 0 radical (unpaired) electrons. The standard InChI is InChI=1S/C17H26F3N3O2S.HI/c1-12(13-7-6-8-14(11-13)17(18,19)20)23-15(21-5)22-9-10-26(24,25)16(2,3)4;/h6-8,11-12H,9-10H2,1-5H3,(H2,21,22,23);1H. The van der Waals surface area contributed by atoms with E-state index < -0.39 is 32.4 Å². The minimum absolute atomic E-state index is 0. The zero-order chi connectivity index (χ0) is 20.2. The van der Waals surface area contributed by atoms with Crippen molar-refractivity contribution in [2.45, 2.75) is 44.7 Å². The molecule has 0 spiro atoms. The highest BCUT2D eigenvalue weighted by molar-refractivity contribution is 14.0. The van der Waals surface area contributed by atoms with E-state index in [0.717, 1.165) is 12.1 Å². The molecule has 0 aliphatic rings. The Morgan fingerprint density at radius 1 is 1.22 bits per heavy atom. The first-order valence-electron chi connectivity index (χ1n) is 8.14. The fourth-order valence-electron chi connectivity index (χ4n) is 2.08. The minimum Gasteiger partial charge on any atom is -0.355 e. The Bertz CT molecular complexity index is 745. The average Bonchev–Trinajstić information content (AvgIpc) is 2.51. The van der Waals surface area contributed by atoms with E-state index in [4.69, 9.17) is 0 Å². The predicted molar refractivity (Wildman–Crippen MR) is 113 cm³/mol. The summed E-state index contributed by atoms with van der Waals surface area (Å²) in [6.45, 7) is 6.74. The lowest BCUT2D eigenvalue weighted by Gasteiger charge is -2.21. The molecule has 10 heteroatoms. The van der Waals surface area contributed by atoms with Crippen LogP contribution >= 0.6 is 24.0 Å². The zero-order valence-corrected chi connectivity index (χ0v) is 19.2. The lowest BCUT2D eigenvalue weighted by molar-refractivity contribution is -0.137. The van der Waals surface area contributed by atoms with Crippen LogP contribution in [0.2, 0.25) is 0 Å². The second-order valence-electron chi connectivity index (χ2n) is 6.92. The van der Waals surface area contributed by atoms with Gasteiger partial charge in [-0.2, -0.15) is 13.2 Å². The van der Waals surface area contributed by atoms with E-state index in [1.165, 1.54) is 13.1 Å². The van der Waals surface area contributed by atoms with Crippen LogP contribution in [-0.4, -0.2) is 38.5 Å². The molecule has 0 saturated heterocycles. The summed E-state index contributed by atoms with van der Waals surface area (Å²) in [5.41, 5.74) is -0.270. The van der Waals surface area contributed by atoms with Gasteiger partial charge in [0.15, 0.2) is 15.8 Å². The van der Waals surface area contributed by atoms with Gasteiger partial charge in [-0.15, -0.1) is 24.0 Å². The molecule has 0 saturated carbocycles. The van der Waals surface area contributed by atoms with Crippen molar-refractivity contribution in [2.75, 3.05) is 19.3 Å². The van der Waals surface area contributed by atoms with Crippen molar-refractivity contribution in [3.05, 3.63) is 35.4 Å². The van der Waals surface area contributed by atoms with E-state index in [2.05, 4.69) is 15.6 Å². The largest absolute Gasteiger partial charge is 0.416 e. The van der Waals surface area contributed by atoms with Crippen LogP contribution in [0.15, 0.2) is 29.3 Å². The molecule has 2 N–H and O–H groups in total. The summed E-state index contributed by atoms with van der Waals surface area (Å²) in [4.78, 5) is 3.98. The average molecular weight is 521 g/mol. The van der Waals surface area contributed by atoms with Gasteiger partial charge in [-0.05, 0) is 45.4 Å². The first-order valence-corrected chi connectivity index (χ1v) is 9.80. The summed E-state index contributed by atoms with van der Waals surface area (Å²) in [6, 6.07) is 4.59. The zero-order valence-electron chi connectivity index (χ0n) is 16.0. The summed E-state index contributed by atoms with van der Waals surface area (Å²) < 4.78 is 61.8. The van der Waals surface area contributed by atoms with Crippen LogP contribution in [-0.2, 0) is 16.0 Å². The molecule has 0 aromatic heterocycles. The number of sulfone groups is 1. The number of hydrogen-bond acceptors (Lipinski definition) is 3. The number of benzene rings is 1. The van der Waals surface area contributed by atoms with Gasteiger partial charge in [-0.3, -0.25) is 4.99 Å². The molecule has 0 fully saturated rings. The Kier molecular flexibility index (Phi) is 9.56. The van der Waals surface area contributed by atoms with Gasteiger partial charge in [-0.25, -0.2) is 8.42 Å². The maximum Gasteiger partial charge on any atom is 0.416 e. The molecular formula is C17H27F3IN3O2S. The number of alkyl halides is 3. The Morgan fingerprint density at radius 2 is 1.81 bits per heavy atom. The fourth-order valence-corrected chi connectivity index (χ4v) is 3.06. The van der Waals surface area contributed by atoms with Gasteiger partial charge in [0.25, 0.3) is 0 Å². The van der Waals surface area contributed by atoms with Crippen molar-refractivity contribution in [2.24, 2.45) is 4.99 Å². The van der Waals surface area contributed by atoms with E-state index in [0.29, 0.717) is 11.5 Å². The molecule has 1 atom stereocenters. The van der Waals surface area contributed by atoms with Gasteiger partial charge in [0.1, 0.15) is 0 Å². The summed E-state index contributed by atoms with van der Waals surface area (Å²) >= 11 is 0. The number of rotatable bonds is 5. The smallest absolute Gasteiger partial charge is 0.355 e. The van der Waals surface area contributed by atoms with Crippen molar-refractivity contribution in [1.82, 2.24) is 10.6 Å². The van der Waals surface area contributed by atoms with E-state index in [9.17, 15) is 21.6 Å². The first-order chi connectivity index (χ1) is 11.8. The van der Waals surface area contributed by atoms with Crippen LogP contribution in [0.1, 0.15) is 44.9 Å². The third kappa shape index (κ3) is 7.84. The van der Waals surface area contributed by atoms with Crippen molar-refractivity contribution in [1.29, 1.82) is 0 Å². The molecule has 1 unspecified atom stereocenters. The molecule has 1 rings (SSSR count). The highest BCUT2D eigenvalue weighted by atomic mass is 127. The number of aliphatic imine (C=N–C) groups is 1. The molecule has 0 aliphatic heterocycles. The Labute approximate surface area is 176 Å². The van der Waals surface area contributed by atoms with Crippen molar-refractivity contribution >= 4 is 39.8 Å². The van der Waals surface area contributed by atoms with Crippen molar-refractivity contribution in [3.8, 4) is 0 Å². The third-order valence-corrected chi connectivity index (χ3v) is 6.49. The number of hydrogen-bond donors (Lipinski definition) is 2. The number of nitrogens with zero attached hydrogens (tertiary/aromatic N) is 1. The van der Waals surface area contributed by atoms with E-state index in [1.54, 1.807) is 33.8 Å². The van der Waals surface area contributed by atoms with E-state index in [1.807, 2.05) is 0 Å². The monoisotopic (exact) mass is 521 g/mol. The third-order valence-electron chi connectivity index (χ3n) is 3.89. The SMILES string of the molecule is CN=C(NCCS(=O)(=O)C(C)(C)C)NC(C)c1cccc(C(F)(F)F)c1.I. The quantitative estimate of drug-likeness (QED) is 0.352. The molecule has 0 aliphatic carbocycles. The van der Waals surface area contributed by atoms with Gasteiger partial charge in [-0.1, -0.05) is 12.1 Å². The van der Waals surface area contributed by atoms with Crippen LogP contribution in [0.25, 0.3) is 0 Å².